The van der Waals surface area contributed by atoms with E-state index in [-0.39, 0.29) is 22.4 Å². The fraction of sp³-hybridized carbons (Fsp3) is 0.826. The van der Waals surface area contributed by atoms with Crippen LogP contribution in [0.1, 0.15) is 65.2 Å². The molecule has 1 N–H and O–H groups in total. The van der Waals surface area contributed by atoms with Crippen LogP contribution in [0.2, 0.25) is 0 Å². The van der Waals surface area contributed by atoms with E-state index in [1.807, 2.05) is 6.92 Å². The highest BCUT2D eigenvalue weighted by Crippen LogP contribution is 2.74. The average Bonchev–Trinajstić information content (AvgIpc) is 2.97. The summed E-state index contributed by atoms with van der Waals surface area (Å²) in [5.41, 5.74) is 1.54. The molecule has 5 fully saturated rings. The zero-order valence-electron chi connectivity index (χ0n) is 16.7. The summed E-state index contributed by atoms with van der Waals surface area (Å²) in [6.07, 6.45) is 10.5. The van der Waals surface area contributed by atoms with Crippen LogP contribution in [0, 0.1) is 17.3 Å². The molecule has 3 saturated carbocycles. The van der Waals surface area contributed by atoms with Crippen LogP contribution in [-0.4, -0.2) is 40.9 Å². The number of rotatable bonds is 1. The Morgan fingerprint density at radius 1 is 1.15 bits per heavy atom. The molecule has 0 unspecified atom stereocenters. The van der Waals surface area contributed by atoms with E-state index in [0.29, 0.717) is 25.0 Å². The lowest BCUT2D eigenvalue weighted by molar-refractivity contribution is -0.185. The predicted octanol–water partition coefficient (Wildman–Crippen LogP) is 3.88. The fourth-order valence-corrected chi connectivity index (χ4v) is 8.05. The lowest BCUT2D eigenvalue weighted by Crippen LogP contribution is -2.54. The van der Waals surface area contributed by atoms with Gasteiger partial charge in [-0.2, -0.15) is 0 Å². The van der Waals surface area contributed by atoms with Gasteiger partial charge in [0.1, 0.15) is 11.2 Å². The number of fused-ring (bicyclic) bond motifs is 3. The third-order valence-corrected chi connectivity index (χ3v) is 9.53. The SMILES string of the molecule is C=C(C)[C@]1(O)CC[C@H]2[C@@H]3CC[C@@]45CC6(CC[C@@]4(O5)C3=CC[C@@]21C)OCCO6. The molecular formula is C23H32O4. The van der Waals surface area contributed by atoms with Gasteiger partial charge in [0.15, 0.2) is 5.79 Å². The molecule has 2 heterocycles. The Morgan fingerprint density at radius 2 is 1.93 bits per heavy atom. The largest absolute Gasteiger partial charge is 0.385 e. The fourth-order valence-electron chi connectivity index (χ4n) is 8.05. The molecule has 0 aromatic carbocycles. The molecule has 2 saturated heterocycles. The van der Waals surface area contributed by atoms with E-state index in [1.54, 1.807) is 5.57 Å². The highest BCUT2D eigenvalue weighted by Gasteiger charge is 2.79. The number of aliphatic hydroxyl groups is 1. The number of epoxide rings is 1. The van der Waals surface area contributed by atoms with E-state index in [2.05, 4.69) is 19.6 Å². The van der Waals surface area contributed by atoms with Crippen molar-refractivity contribution in [3.8, 4) is 0 Å². The number of hydrogen-bond acceptors (Lipinski definition) is 4. The zero-order chi connectivity index (χ0) is 18.7. The highest BCUT2D eigenvalue weighted by atomic mass is 16.7. The minimum Gasteiger partial charge on any atom is -0.385 e. The molecule has 6 rings (SSSR count). The molecule has 0 aromatic rings. The van der Waals surface area contributed by atoms with E-state index in [4.69, 9.17) is 14.2 Å². The van der Waals surface area contributed by atoms with E-state index in [1.165, 1.54) is 0 Å². The van der Waals surface area contributed by atoms with Gasteiger partial charge in [-0.05, 0) is 68.4 Å². The molecular weight excluding hydrogens is 340 g/mol. The Labute approximate surface area is 161 Å². The molecule has 1 spiro atoms. The number of ether oxygens (including phenoxy) is 3. The van der Waals surface area contributed by atoms with E-state index in [9.17, 15) is 5.11 Å². The van der Waals surface area contributed by atoms with Crippen molar-refractivity contribution in [3.63, 3.8) is 0 Å². The first-order valence-corrected chi connectivity index (χ1v) is 10.9. The van der Waals surface area contributed by atoms with Crippen molar-refractivity contribution in [1.29, 1.82) is 0 Å². The van der Waals surface area contributed by atoms with Crippen LogP contribution in [0.5, 0.6) is 0 Å². The van der Waals surface area contributed by atoms with Gasteiger partial charge in [0.05, 0.1) is 18.8 Å². The van der Waals surface area contributed by atoms with Gasteiger partial charge >= 0.3 is 0 Å². The molecule has 4 nitrogen and oxygen atoms in total. The molecule has 0 aromatic heterocycles. The molecule has 148 valence electrons. The van der Waals surface area contributed by atoms with Gasteiger partial charge in [0.2, 0.25) is 0 Å². The van der Waals surface area contributed by atoms with Gasteiger partial charge in [-0.15, -0.1) is 0 Å². The second-order valence-electron chi connectivity index (χ2n) is 10.4. The normalized spacial score (nSPS) is 54.6. The van der Waals surface area contributed by atoms with Crippen molar-refractivity contribution < 1.29 is 19.3 Å². The van der Waals surface area contributed by atoms with Gasteiger partial charge < -0.3 is 19.3 Å². The Hall–Kier alpha value is -0.680. The standard InChI is InChI=1S/C23H32O4/c1-15(2)22(24)9-6-17-16-4-8-20-14-21(25-12-13-26-21)10-11-23(20,27-20)18(16)5-7-19(17,22)3/h5,16-17,24H,1,4,6-14H2,2-3H3/t16-,17-,19-,20+,22+,23+/m0/s1. The van der Waals surface area contributed by atoms with Gasteiger partial charge in [-0.25, -0.2) is 0 Å². The van der Waals surface area contributed by atoms with E-state index < -0.39 is 5.60 Å². The summed E-state index contributed by atoms with van der Waals surface area (Å²) in [5, 5.41) is 11.5. The second-order valence-corrected chi connectivity index (χ2v) is 10.4. The first-order valence-electron chi connectivity index (χ1n) is 10.9. The number of allylic oxidation sites excluding steroid dienone is 1. The van der Waals surface area contributed by atoms with Crippen LogP contribution >= 0.6 is 0 Å². The van der Waals surface area contributed by atoms with Crippen molar-refractivity contribution >= 4 is 0 Å². The maximum Gasteiger partial charge on any atom is 0.171 e. The Kier molecular flexibility index (Phi) is 3.12. The molecule has 4 aliphatic carbocycles. The van der Waals surface area contributed by atoms with Crippen LogP contribution in [0.15, 0.2) is 23.8 Å². The quantitative estimate of drug-likeness (QED) is 0.560. The van der Waals surface area contributed by atoms with Gasteiger partial charge in [-0.1, -0.05) is 19.6 Å². The van der Waals surface area contributed by atoms with Crippen molar-refractivity contribution in [2.75, 3.05) is 13.2 Å². The zero-order valence-corrected chi connectivity index (χ0v) is 16.7. The predicted molar refractivity (Wildman–Crippen MR) is 101 cm³/mol. The van der Waals surface area contributed by atoms with E-state index >= 15 is 0 Å². The van der Waals surface area contributed by atoms with Crippen molar-refractivity contribution in [2.24, 2.45) is 17.3 Å². The average molecular weight is 373 g/mol. The van der Waals surface area contributed by atoms with Gasteiger partial charge in [0.25, 0.3) is 0 Å². The topological polar surface area (TPSA) is 51.2 Å². The summed E-state index contributed by atoms with van der Waals surface area (Å²) < 4.78 is 18.7. The monoisotopic (exact) mass is 372 g/mol. The minimum atomic E-state index is -0.724. The Balaban J connectivity index is 1.35. The molecule has 6 atom stereocenters. The van der Waals surface area contributed by atoms with Crippen LogP contribution in [0.4, 0.5) is 0 Å². The molecule has 0 amide bonds. The molecule has 4 heteroatoms. The molecule has 27 heavy (non-hydrogen) atoms. The van der Waals surface area contributed by atoms with Gasteiger partial charge in [0, 0.05) is 18.3 Å². The third-order valence-electron chi connectivity index (χ3n) is 9.53. The van der Waals surface area contributed by atoms with Crippen LogP contribution in [-0.2, 0) is 14.2 Å². The maximum atomic E-state index is 11.5. The molecule has 0 bridgehead atoms. The van der Waals surface area contributed by atoms with Crippen molar-refractivity contribution in [2.45, 2.75) is 87.8 Å². The molecule has 0 radical (unpaired) electrons. The summed E-state index contributed by atoms with van der Waals surface area (Å²) >= 11 is 0. The lowest BCUT2D eigenvalue weighted by Gasteiger charge is -2.52. The first kappa shape index (κ1) is 17.2. The minimum absolute atomic E-state index is 0.0606. The summed E-state index contributed by atoms with van der Waals surface area (Å²) in [6.45, 7) is 9.89. The summed E-state index contributed by atoms with van der Waals surface area (Å²) in [7, 11) is 0. The molecule has 6 aliphatic rings. The van der Waals surface area contributed by atoms with Crippen LogP contribution in [0.3, 0.4) is 0 Å². The Morgan fingerprint density at radius 3 is 2.67 bits per heavy atom. The van der Waals surface area contributed by atoms with Crippen molar-refractivity contribution in [3.05, 3.63) is 23.8 Å². The van der Waals surface area contributed by atoms with Crippen LogP contribution in [0.25, 0.3) is 0 Å². The summed E-state index contributed by atoms with van der Waals surface area (Å²) in [6, 6.07) is 0. The summed E-state index contributed by atoms with van der Waals surface area (Å²) in [4.78, 5) is 0. The number of hydrogen-bond donors (Lipinski definition) is 1. The Bertz CT molecular complexity index is 751. The maximum absolute atomic E-state index is 11.5. The van der Waals surface area contributed by atoms with Crippen molar-refractivity contribution in [1.82, 2.24) is 0 Å². The lowest BCUT2D eigenvalue weighted by atomic mass is 9.52. The highest BCUT2D eigenvalue weighted by molar-refractivity contribution is 5.44. The van der Waals surface area contributed by atoms with Crippen LogP contribution < -0.4 is 0 Å². The summed E-state index contributed by atoms with van der Waals surface area (Å²) in [5.74, 6) is 0.697. The second kappa shape index (κ2) is 4.89. The smallest absolute Gasteiger partial charge is 0.171 e. The molecule has 2 aliphatic heterocycles. The first-order chi connectivity index (χ1) is 12.8. The third kappa shape index (κ3) is 1.81. The van der Waals surface area contributed by atoms with Gasteiger partial charge in [-0.3, -0.25) is 0 Å². The van der Waals surface area contributed by atoms with E-state index in [0.717, 1.165) is 56.9 Å².